The molecule has 0 bridgehead atoms. The normalized spacial score (nSPS) is 10.7. The number of nitrogens with zero attached hydrogens (tertiary/aromatic N) is 1. The fraction of sp³-hybridized carbons (Fsp3) is 0.167. The summed E-state index contributed by atoms with van der Waals surface area (Å²) in [5.41, 5.74) is 4.02. The van der Waals surface area contributed by atoms with Crippen LogP contribution in [0.25, 0.3) is 10.9 Å². The molecule has 112 valence electrons. The van der Waals surface area contributed by atoms with E-state index in [9.17, 15) is 0 Å². The summed E-state index contributed by atoms with van der Waals surface area (Å²) in [5, 5.41) is 4.52. The first-order chi connectivity index (χ1) is 10.7. The molecule has 0 fully saturated rings. The van der Waals surface area contributed by atoms with E-state index >= 15 is 0 Å². The van der Waals surface area contributed by atoms with Gasteiger partial charge in [0.05, 0.1) is 12.1 Å². The molecule has 0 radical (unpaired) electrons. The van der Waals surface area contributed by atoms with Crippen molar-refractivity contribution < 1.29 is 4.74 Å². The molecule has 1 N–H and O–H groups in total. The molecule has 3 nitrogen and oxygen atoms in total. The highest BCUT2D eigenvalue weighted by Gasteiger charge is 2.06. The number of ether oxygens (including phenoxy) is 1. The Kier molecular flexibility index (Phi) is 4.29. The minimum Gasteiger partial charge on any atom is -0.494 e. The van der Waals surface area contributed by atoms with Gasteiger partial charge in [-0.2, -0.15) is 0 Å². The third-order valence-corrected chi connectivity index (χ3v) is 3.87. The van der Waals surface area contributed by atoms with Gasteiger partial charge in [-0.15, -0.1) is 0 Å². The molecule has 0 aliphatic carbocycles. The number of aromatic nitrogens is 1. The summed E-state index contributed by atoms with van der Waals surface area (Å²) in [6, 6.07) is 16.2. The number of anilines is 2. The second-order valence-corrected chi connectivity index (χ2v) is 5.97. The largest absolute Gasteiger partial charge is 0.494 e. The Balaban J connectivity index is 2.05. The van der Waals surface area contributed by atoms with Crippen LogP contribution in [0.4, 0.5) is 11.4 Å². The van der Waals surface area contributed by atoms with Gasteiger partial charge < -0.3 is 10.1 Å². The Labute approximate surface area is 138 Å². The van der Waals surface area contributed by atoms with E-state index in [2.05, 4.69) is 32.3 Å². The first-order valence-electron chi connectivity index (χ1n) is 7.22. The second-order valence-electron chi connectivity index (χ2n) is 5.06. The van der Waals surface area contributed by atoms with Gasteiger partial charge in [-0.05, 0) is 62.4 Å². The topological polar surface area (TPSA) is 34.1 Å². The minimum absolute atomic E-state index is 0.653. The third kappa shape index (κ3) is 3.22. The predicted octanol–water partition coefficient (Wildman–Crippen LogP) is 5.45. The molecule has 22 heavy (non-hydrogen) atoms. The van der Waals surface area contributed by atoms with Crippen LogP contribution in [0, 0.1) is 6.92 Å². The van der Waals surface area contributed by atoms with Crippen molar-refractivity contribution >= 4 is 38.2 Å². The van der Waals surface area contributed by atoms with Crippen LogP contribution < -0.4 is 10.1 Å². The third-order valence-electron chi connectivity index (χ3n) is 3.34. The van der Waals surface area contributed by atoms with Gasteiger partial charge in [0, 0.05) is 26.9 Å². The van der Waals surface area contributed by atoms with Crippen molar-refractivity contribution in [2.45, 2.75) is 13.8 Å². The molecule has 1 heterocycles. The van der Waals surface area contributed by atoms with Gasteiger partial charge in [-0.1, -0.05) is 15.9 Å². The van der Waals surface area contributed by atoms with Gasteiger partial charge in [-0.25, -0.2) is 0 Å². The van der Waals surface area contributed by atoms with E-state index in [1.54, 1.807) is 0 Å². The number of benzene rings is 2. The summed E-state index contributed by atoms with van der Waals surface area (Å²) < 4.78 is 6.67. The summed E-state index contributed by atoms with van der Waals surface area (Å²) in [6.45, 7) is 4.64. The van der Waals surface area contributed by atoms with E-state index in [-0.39, 0.29) is 0 Å². The second kappa shape index (κ2) is 6.36. The molecule has 0 aliphatic heterocycles. The maximum absolute atomic E-state index is 5.60. The summed E-state index contributed by atoms with van der Waals surface area (Å²) in [7, 11) is 0. The van der Waals surface area contributed by atoms with E-state index in [0.29, 0.717) is 6.61 Å². The van der Waals surface area contributed by atoms with Crippen molar-refractivity contribution in [1.82, 2.24) is 4.98 Å². The number of fused-ring (bicyclic) bond motifs is 1. The zero-order valence-corrected chi connectivity index (χ0v) is 14.1. The first-order valence-corrected chi connectivity index (χ1v) is 8.02. The van der Waals surface area contributed by atoms with E-state index in [1.165, 1.54) is 0 Å². The van der Waals surface area contributed by atoms with Crippen LogP contribution in [0.3, 0.4) is 0 Å². The maximum atomic E-state index is 5.60. The number of aryl methyl sites for hydroxylation is 1. The Bertz CT molecular complexity index is 800. The number of nitrogens with one attached hydrogen (secondary N) is 1. The van der Waals surface area contributed by atoms with Gasteiger partial charge in [-0.3, -0.25) is 4.98 Å². The highest BCUT2D eigenvalue weighted by molar-refractivity contribution is 9.10. The van der Waals surface area contributed by atoms with Crippen LogP contribution in [0.5, 0.6) is 5.75 Å². The average molecular weight is 357 g/mol. The smallest absolute Gasteiger partial charge is 0.120 e. The Morgan fingerprint density at radius 1 is 1.09 bits per heavy atom. The van der Waals surface area contributed by atoms with Crippen LogP contribution in [-0.2, 0) is 0 Å². The van der Waals surface area contributed by atoms with Gasteiger partial charge >= 0.3 is 0 Å². The lowest BCUT2D eigenvalue weighted by Crippen LogP contribution is -1.96. The molecule has 1 aromatic heterocycles. The summed E-state index contributed by atoms with van der Waals surface area (Å²) in [6.07, 6.45) is 0. The number of pyridine rings is 1. The fourth-order valence-electron chi connectivity index (χ4n) is 2.39. The van der Waals surface area contributed by atoms with Gasteiger partial charge in [0.1, 0.15) is 5.75 Å². The van der Waals surface area contributed by atoms with Crippen LogP contribution in [0.15, 0.2) is 53.0 Å². The van der Waals surface area contributed by atoms with Gasteiger partial charge in [0.15, 0.2) is 0 Å². The Morgan fingerprint density at radius 3 is 2.59 bits per heavy atom. The van der Waals surface area contributed by atoms with Gasteiger partial charge in [0.2, 0.25) is 0 Å². The van der Waals surface area contributed by atoms with Crippen molar-refractivity contribution in [3.05, 3.63) is 58.7 Å². The van der Waals surface area contributed by atoms with E-state index in [0.717, 1.165) is 38.2 Å². The number of hydrogen-bond acceptors (Lipinski definition) is 3. The highest BCUT2D eigenvalue weighted by atomic mass is 79.9. The van der Waals surface area contributed by atoms with Crippen molar-refractivity contribution in [1.29, 1.82) is 0 Å². The number of rotatable bonds is 4. The lowest BCUT2D eigenvalue weighted by atomic mass is 10.1. The van der Waals surface area contributed by atoms with E-state index in [1.807, 2.05) is 56.3 Å². The van der Waals surface area contributed by atoms with Crippen molar-refractivity contribution in [3.63, 3.8) is 0 Å². The fourth-order valence-corrected chi connectivity index (χ4v) is 2.65. The van der Waals surface area contributed by atoms with E-state index < -0.39 is 0 Å². The van der Waals surface area contributed by atoms with Crippen molar-refractivity contribution in [2.24, 2.45) is 0 Å². The molecule has 3 aromatic rings. The van der Waals surface area contributed by atoms with E-state index in [4.69, 9.17) is 4.74 Å². The standard InChI is InChI=1S/C18H17BrN2O/c1-3-22-15-8-9-17-16(11-15)18(10-12(2)20-17)21-14-6-4-13(19)5-7-14/h4-11H,3H2,1-2H3,(H,20,21). The molecular formula is C18H17BrN2O. The lowest BCUT2D eigenvalue weighted by Gasteiger charge is -2.12. The monoisotopic (exact) mass is 356 g/mol. The minimum atomic E-state index is 0.653. The molecule has 4 heteroatoms. The zero-order valence-electron chi connectivity index (χ0n) is 12.6. The van der Waals surface area contributed by atoms with Crippen molar-refractivity contribution in [3.8, 4) is 5.75 Å². The summed E-state index contributed by atoms with van der Waals surface area (Å²) >= 11 is 3.45. The quantitative estimate of drug-likeness (QED) is 0.674. The van der Waals surface area contributed by atoms with Crippen LogP contribution in [0.1, 0.15) is 12.6 Å². The Hall–Kier alpha value is -2.07. The number of halogens is 1. The molecule has 3 rings (SSSR count). The van der Waals surface area contributed by atoms with Crippen LogP contribution in [0.2, 0.25) is 0 Å². The van der Waals surface area contributed by atoms with Gasteiger partial charge in [0.25, 0.3) is 0 Å². The van der Waals surface area contributed by atoms with Crippen LogP contribution in [-0.4, -0.2) is 11.6 Å². The van der Waals surface area contributed by atoms with Crippen molar-refractivity contribution in [2.75, 3.05) is 11.9 Å². The molecule has 2 aromatic carbocycles. The number of hydrogen-bond donors (Lipinski definition) is 1. The van der Waals surface area contributed by atoms with Crippen LogP contribution >= 0.6 is 15.9 Å². The molecule has 0 aliphatic rings. The molecule has 0 saturated heterocycles. The maximum Gasteiger partial charge on any atom is 0.120 e. The molecule has 0 unspecified atom stereocenters. The molecular weight excluding hydrogens is 340 g/mol. The summed E-state index contributed by atoms with van der Waals surface area (Å²) in [4.78, 5) is 4.59. The molecule has 0 amide bonds. The summed E-state index contributed by atoms with van der Waals surface area (Å²) in [5.74, 6) is 0.861. The molecule has 0 atom stereocenters. The Morgan fingerprint density at radius 2 is 1.86 bits per heavy atom. The predicted molar refractivity (Wildman–Crippen MR) is 95.1 cm³/mol. The highest BCUT2D eigenvalue weighted by Crippen LogP contribution is 2.30. The SMILES string of the molecule is CCOc1ccc2nc(C)cc(Nc3ccc(Br)cc3)c2c1. The zero-order chi connectivity index (χ0) is 15.5. The molecule has 0 saturated carbocycles. The molecule has 0 spiro atoms. The first kappa shape index (κ1) is 14.9. The average Bonchev–Trinajstić information content (AvgIpc) is 2.50. The lowest BCUT2D eigenvalue weighted by molar-refractivity contribution is 0.340.